The molecule has 0 saturated heterocycles. The molecule has 240 valence electrons. The average molecular weight is 596 g/mol. The van der Waals surface area contributed by atoms with Crippen LogP contribution in [0.3, 0.4) is 0 Å². The molecule has 0 aromatic carbocycles. The van der Waals surface area contributed by atoms with E-state index in [1.807, 2.05) is 13.1 Å². The Morgan fingerprint density at radius 3 is 1.12 bits per heavy atom. The molecule has 0 radical (unpaired) electrons. The summed E-state index contributed by atoms with van der Waals surface area (Å²) < 4.78 is 55.7. The largest absolute Gasteiger partial charge is 0.481 e. The van der Waals surface area contributed by atoms with Crippen molar-refractivity contribution >= 4 is 5.97 Å². The summed E-state index contributed by atoms with van der Waals surface area (Å²) in [7, 11) is 0. The Bertz CT molecular complexity index is 698. The summed E-state index contributed by atoms with van der Waals surface area (Å²) >= 11 is 0. The van der Waals surface area contributed by atoms with E-state index in [1.165, 1.54) is 0 Å². The van der Waals surface area contributed by atoms with Crippen molar-refractivity contribution in [3.8, 4) is 0 Å². The minimum absolute atomic E-state index is 0.00111. The molecule has 0 spiro atoms. The summed E-state index contributed by atoms with van der Waals surface area (Å²) in [6.45, 7) is 12.0. The summed E-state index contributed by atoms with van der Waals surface area (Å²) in [5.41, 5.74) is 0.893. The van der Waals surface area contributed by atoms with E-state index in [1.54, 1.807) is 4.68 Å². The predicted molar refractivity (Wildman–Crippen MR) is 145 cm³/mol. The van der Waals surface area contributed by atoms with E-state index in [-0.39, 0.29) is 13.0 Å². The number of aromatic nitrogens is 3. The monoisotopic (exact) mass is 595 g/mol. The van der Waals surface area contributed by atoms with Gasteiger partial charge in [0.05, 0.1) is 151 Å². The van der Waals surface area contributed by atoms with E-state index in [0.717, 1.165) is 5.69 Å². The van der Waals surface area contributed by atoms with Crippen molar-refractivity contribution in [2.75, 3.05) is 132 Å². The zero-order valence-electron chi connectivity index (χ0n) is 24.4. The van der Waals surface area contributed by atoms with Crippen LogP contribution in [0.2, 0.25) is 0 Å². The molecule has 0 aliphatic heterocycles. The van der Waals surface area contributed by atoms with Gasteiger partial charge in [0.2, 0.25) is 0 Å². The van der Waals surface area contributed by atoms with Crippen molar-refractivity contribution in [1.82, 2.24) is 15.0 Å². The fraction of sp³-hybridized carbons (Fsp3) is 0.885. The molecule has 15 heteroatoms. The molecule has 0 saturated carbocycles. The van der Waals surface area contributed by atoms with Crippen LogP contribution in [0.15, 0.2) is 6.20 Å². The van der Waals surface area contributed by atoms with Crippen LogP contribution in [0.1, 0.15) is 12.1 Å². The number of rotatable bonds is 33. The number of carbonyl (C=O) groups is 1. The second kappa shape index (κ2) is 29.7. The highest BCUT2D eigenvalue weighted by atomic mass is 16.6. The highest BCUT2D eigenvalue weighted by Gasteiger charge is 1.98. The molecular formula is C26H49N3O12. The number of aliphatic carboxylic acids is 1. The summed E-state index contributed by atoms with van der Waals surface area (Å²) in [4.78, 5) is 10.3. The lowest BCUT2D eigenvalue weighted by molar-refractivity contribution is -0.138. The van der Waals surface area contributed by atoms with Crippen LogP contribution in [-0.4, -0.2) is 158 Å². The Balaban J connectivity index is 1.62. The van der Waals surface area contributed by atoms with Crippen LogP contribution in [0.4, 0.5) is 0 Å². The van der Waals surface area contributed by atoms with Gasteiger partial charge in [-0.15, -0.1) is 5.10 Å². The standard InChI is InChI=1S/C26H49N3O12/c1-25-24-29(28-27-25)3-5-33-7-9-35-11-13-37-15-17-39-19-21-41-23-22-40-20-18-38-16-14-36-12-10-34-8-6-32-4-2-26(30)31/h24H,2-23H2,1H3,(H,30,31). The van der Waals surface area contributed by atoms with Gasteiger partial charge in [0.1, 0.15) is 0 Å². The maximum atomic E-state index is 10.3. The molecule has 1 N–H and O–H groups in total. The Hall–Kier alpha value is -1.79. The van der Waals surface area contributed by atoms with E-state index in [4.69, 9.17) is 52.5 Å². The fourth-order valence-corrected chi connectivity index (χ4v) is 2.90. The number of carboxylic acid groups (broad SMARTS) is 1. The quantitative estimate of drug-likeness (QED) is 0.110. The first-order valence-corrected chi connectivity index (χ1v) is 14.0. The molecule has 0 atom stereocenters. The first kappa shape index (κ1) is 37.2. The number of aryl methyl sites for hydroxylation is 1. The average Bonchev–Trinajstić information content (AvgIpc) is 3.38. The van der Waals surface area contributed by atoms with Crippen molar-refractivity contribution in [3.05, 3.63) is 11.9 Å². The zero-order chi connectivity index (χ0) is 29.5. The van der Waals surface area contributed by atoms with Crippen LogP contribution in [0.5, 0.6) is 0 Å². The Labute approximate surface area is 242 Å². The van der Waals surface area contributed by atoms with Crippen molar-refractivity contribution in [3.63, 3.8) is 0 Å². The minimum Gasteiger partial charge on any atom is -0.481 e. The Morgan fingerprint density at radius 1 is 0.561 bits per heavy atom. The van der Waals surface area contributed by atoms with Crippen LogP contribution in [0, 0.1) is 6.92 Å². The summed E-state index contributed by atoms with van der Waals surface area (Å²) in [6, 6.07) is 0. The van der Waals surface area contributed by atoms with Crippen LogP contribution >= 0.6 is 0 Å². The molecule has 15 nitrogen and oxygen atoms in total. The minimum atomic E-state index is -0.873. The van der Waals surface area contributed by atoms with Gasteiger partial charge in [-0.3, -0.25) is 4.79 Å². The van der Waals surface area contributed by atoms with Gasteiger partial charge in [-0.05, 0) is 6.92 Å². The molecule has 0 aliphatic rings. The number of carboxylic acids is 1. The third-order valence-corrected chi connectivity index (χ3v) is 4.93. The first-order valence-electron chi connectivity index (χ1n) is 14.0. The lowest BCUT2D eigenvalue weighted by atomic mass is 10.5. The van der Waals surface area contributed by atoms with Crippen LogP contribution in [0.25, 0.3) is 0 Å². The molecular weight excluding hydrogens is 546 g/mol. The second-order valence-electron chi connectivity index (χ2n) is 8.39. The normalized spacial score (nSPS) is 11.4. The first-order chi connectivity index (χ1) is 20.2. The van der Waals surface area contributed by atoms with Gasteiger partial charge in [0.15, 0.2) is 0 Å². The topological polar surface area (TPSA) is 160 Å². The number of hydrogen-bond donors (Lipinski definition) is 1. The lowest BCUT2D eigenvalue weighted by Gasteiger charge is -2.09. The number of nitrogens with zero attached hydrogens (tertiary/aromatic N) is 3. The van der Waals surface area contributed by atoms with Crippen molar-refractivity contribution in [2.24, 2.45) is 0 Å². The summed E-state index contributed by atoms with van der Waals surface area (Å²) in [5.74, 6) is -0.873. The molecule has 1 aromatic rings. The second-order valence-corrected chi connectivity index (χ2v) is 8.39. The maximum Gasteiger partial charge on any atom is 0.305 e. The van der Waals surface area contributed by atoms with Gasteiger partial charge in [0, 0.05) is 6.20 Å². The van der Waals surface area contributed by atoms with E-state index in [0.29, 0.717) is 132 Å². The summed E-state index contributed by atoms with van der Waals surface area (Å²) in [6.07, 6.45) is 1.88. The van der Waals surface area contributed by atoms with E-state index in [9.17, 15) is 4.79 Å². The molecule has 1 aromatic heterocycles. The zero-order valence-corrected chi connectivity index (χ0v) is 24.4. The Morgan fingerprint density at radius 2 is 0.854 bits per heavy atom. The van der Waals surface area contributed by atoms with Crippen molar-refractivity contribution in [2.45, 2.75) is 19.9 Å². The van der Waals surface area contributed by atoms with E-state index in [2.05, 4.69) is 10.3 Å². The van der Waals surface area contributed by atoms with Crippen LogP contribution < -0.4 is 0 Å². The van der Waals surface area contributed by atoms with E-state index >= 15 is 0 Å². The molecule has 0 unspecified atom stereocenters. The molecule has 0 fully saturated rings. The SMILES string of the molecule is Cc1cn(CCOCCOCCOCCOCCOCCOCCOCCOCCOCCOCCC(=O)O)nn1. The molecule has 0 amide bonds. The smallest absolute Gasteiger partial charge is 0.305 e. The van der Waals surface area contributed by atoms with Crippen LogP contribution in [-0.2, 0) is 58.7 Å². The maximum absolute atomic E-state index is 10.3. The van der Waals surface area contributed by atoms with Gasteiger partial charge < -0.3 is 52.5 Å². The third kappa shape index (κ3) is 28.1. The van der Waals surface area contributed by atoms with Crippen molar-refractivity contribution in [1.29, 1.82) is 0 Å². The molecule has 0 bridgehead atoms. The van der Waals surface area contributed by atoms with Gasteiger partial charge >= 0.3 is 5.97 Å². The fourth-order valence-electron chi connectivity index (χ4n) is 2.90. The molecule has 1 heterocycles. The molecule has 0 aliphatic carbocycles. The Kier molecular flexibility index (Phi) is 27.0. The van der Waals surface area contributed by atoms with Gasteiger partial charge in [-0.1, -0.05) is 5.21 Å². The third-order valence-electron chi connectivity index (χ3n) is 4.93. The molecule has 41 heavy (non-hydrogen) atoms. The molecule has 1 rings (SSSR count). The highest BCUT2D eigenvalue weighted by Crippen LogP contribution is 1.90. The highest BCUT2D eigenvalue weighted by molar-refractivity contribution is 5.66. The van der Waals surface area contributed by atoms with E-state index < -0.39 is 5.97 Å². The summed E-state index contributed by atoms with van der Waals surface area (Å²) in [5, 5.41) is 16.4. The lowest BCUT2D eigenvalue weighted by Crippen LogP contribution is -2.15. The number of hydrogen-bond acceptors (Lipinski definition) is 13. The number of ether oxygens (including phenoxy) is 10. The van der Waals surface area contributed by atoms with Gasteiger partial charge in [0.25, 0.3) is 0 Å². The van der Waals surface area contributed by atoms with Crippen molar-refractivity contribution < 1.29 is 57.3 Å². The van der Waals surface area contributed by atoms with Gasteiger partial charge in [-0.2, -0.15) is 0 Å². The van der Waals surface area contributed by atoms with Gasteiger partial charge in [-0.25, -0.2) is 4.68 Å². The predicted octanol–water partition coefficient (Wildman–Crippen LogP) is 0.227.